The van der Waals surface area contributed by atoms with E-state index in [1.54, 1.807) is 49.4 Å². The number of hydrogen-bond acceptors (Lipinski definition) is 6. The van der Waals surface area contributed by atoms with Crippen molar-refractivity contribution in [2.24, 2.45) is 5.10 Å². The Bertz CT molecular complexity index is 1350. The van der Waals surface area contributed by atoms with Crippen molar-refractivity contribution in [1.82, 2.24) is 5.43 Å². The average molecular weight is 494 g/mol. The van der Waals surface area contributed by atoms with E-state index >= 15 is 0 Å². The molecule has 8 nitrogen and oxygen atoms in total. The lowest BCUT2D eigenvalue weighted by atomic mass is 10.1. The molecule has 0 spiro atoms. The monoisotopic (exact) mass is 493 g/mol. The second-order valence-electron chi connectivity index (χ2n) is 8.02. The number of hydrogen-bond donors (Lipinski definition) is 1. The first-order valence-corrected chi connectivity index (χ1v) is 12.2. The van der Waals surface area contributed by atoms with Crippen LogP contribution < -0.4 is 9.73 Å². The van der Waals surface area contributed by atoms with Gasteiger partial charge in [0.15, 0.2) is 0 Å². The van der Waals surface area contributed by atoms with Crippen molar-refractivity contribution in [3.05, 3.63) is 94.5 Å². The Morgan fingerprint density at radius 3 is 2.20 bits per heavy atom. The number of rotatable bonds is 8. The van der Waals surface area contributed by atoms with Gasteiger partial charge in [0, 0.05) is 0 Å². The summed E-state index contributed by atoms with van der Waals surface area (Å²) < 4.78 is 32.8. The molecular weight excluding hydrogens is 466 g/mol. The molecule has 1 N–H and O–H groups in total. The number of carbonyl (C=O) groups excluding carboxylic acids is 2. The quantitative estimate of drug-likeness (QED) is 0.292. The summed E-state index contributed by atoms with van der Waals surface area (Å²) in [5.74, 6) is -1.06. The largest absolute Gasteiger partial charge is 0.465 e. The van der Waals surface area contributed by atoms with Crippen molar-refractivity contribution in [3.8, 4) is 0 Å². The van der Waals surface area contributed by atoms with Gasteiger partial charge in [0.1, 0.15) is 6.54 Å². The lowest BCUT2D eigenvalue weighted by Crippen LogP contribution is -2.40. The van der Waals surface area contributed by atoms with Crippen LogP contribution in [0.1, 0.15) is 32.6 Å². The lowest BCUT2D eigenvalue weighted by molar-refractivity contribution is -0.119. The van der Waals surface area contributed by atoms with E-state index in [0.717, 1.165) is 15.4 Å². The first-order valence-electron chi connectivity index (χ1n) is 10.8. The molecule has 3 aromatic rings. The van der Waals surface area contributed by atoms with Crippen LogP contribution in [0, 0.1) is 20.8 Å². The van der Waals surface area contributed by atoms with Crippen LogP contribution >= 0.6 is 0 Å². The van der Waals surface area contributed by atoms with Crippen LogP contribution in [0.2, 0.25) is 0 Å². The van der Waals surface area contributed by atoms with Gasteiger partial charge in [-0.05, 0) is 67.8 Å². The predicted octanol–water partition coefficient (Wildman–Crippen LogP) is 3.74. The van der Waals surface area contributed by atoms with Crippen LogP contribution in [-0.2, 0) is 19.6 Å². The molecule has 0 aromatic heterocycles. The van der Waals surface area contributed by atoms with E-state index in [1.807, 2.05) is 26.0 Å². The molecule has 1 amide bonds. The van der Waals surface area contributed by atoms with Gasteiger partial charge in [-0.2, -0.15) is 5.10 Å². The summed E-state index contributed by atoms with van der Waals surface area (Å²) >= 11 is 0. The second-order valence-corrected chi connectivity index (χ2v) is 9.88. The number of aryl methyl sites for hydroxylation is 3. The number of ether oxygens (including phenoxy) is 1. The fourth-order valence-corrected chi connectivity index (χ4v) is 4.77. The van der Waals surface area contributed by atoms with Crippen molar-refractivity contribution in [3.63, 3.8) is 0 Å². The van der Waals surface area contributed by atoms with E-state index in [4.69, 9.17) is 0 Å². The van der Waals surface area contributed by atoms with E-state index in [-0.39, 0.29) is 4.90 Å². The summed E-state index contributed by atoms with van der Waals surface area (Å²) in [4.78, 5) is 24.4. The molecule has 9 heteroatoms. The van der Waals surface area contributed by atoms with Gasteiger partial charge in [0.05, 0.1) is 29.5 Å². The van der Waals surface area contributed by atoms with E-state index in [9.17, 15) is 18.0 Å². The molecule has 0 radical (unpaired) electrons. The summed E-state index contributed by atoms with van der Waals surface area (Å²) in [7, 11) is -2.72. The summed E-state index contributed by atoms with van der Waals surface area (Å²) in [5.41, 5.74) is 6.33. The number of methoxy groups -OCH3 is 1. The minimum absolute atomic E-state index is 0.0889. The first kappa shape index (κ1) is 25.6. The number of carbonyl (C=O) groups is 2. The molecule has 182 valence electrons. The van der Waals surface area contributed by atoms with Crippen molar-refractivity contribution in [1.29, 1.82) is 0 Å². The molecule has 0 saturated carbocycles. The summed E-state index contributed by atoms with van der Waals surface area (Å²) in [6, 6.07) is 18.3. The van der Waals surface area contributed by atoms with Gasteiger partial charge in [0.2, 0.25) is 0 Å². The topological polar surface area (TPSA) is 105 Å². The van der Waals surface area contributed by atoms with Gasteiger partial charge in [-0.3, -0.25) is 9.10 Å². The summed E-state index contributed by atoms with van der Waals surface area (Å²) in [5, 5.41) is 3.93. The molecule has 0 unspecified atom stereocenters. The maximum Gasteiger partial charge on any atom is 0.337 e. The SMILES string of the molecule is COC(=O)c1ccc(/C=N\NC(=O)CN(c2cc(C)ccc2C)S(=O)(=O)c2ccc(C)cc2)cc1. The molecule has 0 saturated heterocycles. The maximum atomic E-state index is 13.5. The van der Waals surface area contributed by atoms with Gasteiger partial charge < -0.3 is 4.74 Å². The fourth-order valence-electron chi connectivity index (χ4n) is 3.29. The summed E-state index contributed by atoms with van der Waals surface area (Å²) in [6.45, 7) is 5.06. The van der Waals surface area contributed by atoms with Gasteiger partial charge in [0.25, 0.3) is 15.9 Å². The summed E-state index contributed by atoms with van der Waals surface area (Å²) in [6.07, 6.45) is 1.40. The third-order valence-electron chi connectivity index (χ3n) is 5.26. The molecule has 0 aliphatic rings. The third-order valence-corrected chi connectivity index (χ3v) is 7.04. The molecule has 3 rings (SSSR count). The highest BCUT2D eigenvalue weighted by Gasteiger charge is 2.28. The zero-order valence-electron chi connectivity index (χ0n) is 20.0. The van der Waals surface area contributed by atoms with E-state index in [1.165, 1.54) is 25.5 Å². The van der Waals surface area contributed by atoms with Crippen LogP contribution in [0.5, 0.6) is 0 Å². The minimum atomic E-state index is -4.02. The Labute approximate surface area is 205 Å². The first-order chi connectivity index (χ1) is 16.6. The van der Waals surface area contributed by atoms with Gasteiger partial charge in [-0.25, -0.2) is 18.6 Å². The van der Waals surface area contributed by atoms with Crippen molar-refractivity contribution in [2.45, 2.75) is 25.7 Å². The molecule has 0 aliphatic heterocycles. The molecule has 0 atom stereocenters. The fraction of sp³-hybridized carbons (Fsp3) is 0.192. The van der Waals surface area contributed by atoms with Gasteiger partial charge >= 0.3 is 5.97 Å². The van der Waals surface area contributed by atoms with E-state index in [0.29, 0.717) is 22.4 Å². The molecule has 3 aromatic carbocycles. The van der Waals surface area contributed by atoms with E-state index in [2.05, 4.69) is 15.3 Å². The number of nitrogens with one attached hydrogen (secondary N) is 1. The normalized spacial score (nSPS) is 11.3. The molecule has 0 aliphatic carbocycles. The number of esters is 1. The zero-order valence-corrected chi connectivity index (χ0v) is 20.8. The Hall–Kier alpha value is -3.98. The van der Waals surface area contributed by atoms with Crippen molar-refractivity contribution < 1.29 is 22.7 Å². The number of nitrogens with zero attached hydrogens (tertiary/aromatic N) is 2. The van der Waals surface area contributed by atoms with Crippen molar-refractivity contribution in [2.75, 3.05) is 18.0 Å². The predicted molar refractivity (Wildman–Crippen MR) is 135 cm³/mol. The number of hydrazone groups is 1. The van der Waals surface area contributed by atoms with Crippen molar-refractivity contribution >= 4 is 33.8 Å². The Morgan fingerprint density at radius 1 is 0.943 bits per heavy atom. The molecule has 35 heavy (non-hydrogen) atoms. The number of benzene rings is 3. The molecule has 0 heterocycles. The van der Waals surface area contributed by atoms with Crippen LogP contribution in [0.3, 0.4) is 0 Å². The van der Waals surface area contributed by atoms with Gasteiger partial charge in [-0.1, -0.05) is 42.0 Å². The molecule has 0 fully saturated rings. The number of sulfonamides is 1. The maximum absolute atomic E-state index is 13.5. The highest BCUT2D eigenvalue weighted by Crippen LogP contribution is 2.28. The average Bonchev–Trinajstić information content (AvgIpc) is 2.84. The Morgan fingerprint density at radius 2 is 1.57 bits per heavy atom. The smallest absolute Gasteiger partial charge is 0.337 e. The number of amides is 1. The molecule has 0 bridgehead atoms. The highest BCUT2D eigenvalue weighted by atomic mass is 32.2. The van der Waals surface area contributed by atoms with Crippen LogP contribution in [0.15, 0.2) is 76.7 Å². The molecular formula is C26H27N3O5S. The number of anilines is 1. The van der Waals surface area contributed by atoms with Gasteiger partial charge in [-0.15, -0.1) is 0 Å². The van der Waals surface area contributed by atoms with E-state index < -0.39 is 28.4 Å². The standard InChI is InChI=1S/C26H27N3O5S/c1-18-6-13-23(14-7-18)35(32,33)29(24-15-19(2)5-8-20(24)3)17-25(30)28-27-16-21-9-11-22(12-10-21)26(31)34-4/h5-16H,17H2,1-4H3,(H,28,30)/b27-16-. The van der Waals surface area contributed by atoms with Crippen LogP contribution in [0.25, 0.3) is 0 Å². The second kappa shape index (κ2) is 11.0. The lowest BCUT2D eigenvalue weighted by Gasteiger charge is -2.25. The minimum Gasteiger partial charge on any atom is -0.465 e. The van der Waals surface area contributed by atoms with Crippen LogP contribution in [0.4, 0.5) is 5.69 Å². The van der Waals surface area contributed by atoms with Crippen LogP contribution in [-0.4, -0.2) is 40.2 Å². The zero-order chi connectivity index (χ0) is 25.6. The third kappa shape index (κ3) is 6.33. The Kier molecular flexibility index (Phi) is 8.03. The highest BCUT2D eigenvalue weighted by molar-refractivity contribution is 7.92. The Balaban J connectivity index is 1.83.